The zero-order chi connectivity index (χ0) is 13.7. The Balaban J connectivity index is 2.16. The molecule has 0 radical (unpaired) electrons. The van der Waals surface area contributed by atoms with Crippen molar-refractivity contribution in [2.24, 2.45) is 0 Å². The predicted molar refractivity (Wildman–Crippen MR) is 71.3 cm³/mol. The highest BCUT2D eigenvalue weighted by Gasteiger charge is 2.07. The maximum absolute atomic E-state index is 13.5. The molecule has 0 amide bonds. The number of halogens is 2. The SMILES string of the molecule is CCCNc1cc(Sc2cc(F)ccc2F)ncn1. The fourth-order valence-electron chi connectivity index (χ4n) is 1.41. The van der Waals surface area contributed by atoms with E-state index in [-0.39, 0.29) is 4.90 Å². The van der Waals surface area contributed by atoms with E-state index in [0.717, 1.165) is 42.9 Å². The molecule has 2 aromatic rings. The summed E-state index contributed by atoms with van der Waals surface area (Å²) in [7, 11) is 0. The zero-order valence-corrected chi connectivity index (χ0v) is 11.2. The molecule has 0 saturated carbocycles. The first-order valence-electron chi connectivity index (χ1n) is 5.88. The molecule has 1 aromatic heterocycles. The van der Waals surface area contributed by atoms with E-state index in [0.29, 0.717) is 10.8 Å². The molecule has 0 aliphatic carbocycles. The first-order valence-corrected chi connectivity index (χ1v) is 6.69. The highest BCUT2D eigenvalue weighted by Crippen LogP contribution is 2.29. The van der Waals surface area contributed by atoms with E-state index >= 15 is 0 Å². The minimum Gasteiger partial charge on any atom is -0.370 e. The fourth-order valence-corrected chi connectivity index (χ4v) is 2.25. The maximum Gasteiger partial charge on any atom is 0.137 e. The molecule has 0 atom stereocenters. The van der Waals surface area contributed by atoms with Crippen molar-refractivity contribution in [3.63, 3.8) is 0 Å². The van der Waals surface area contributed by atoms with E-state index in [1.54, 1.807) is 6.07 Å². The van der Waals surface area contributed by atoms with Gasteiger partial charge in [0.15, 0.2) is 0 Å². The van der Waals surface area contributed by atoms with Gasteiger partial charge < -0.3 is 5.32 Å². The molecule has 0 unspecified atom stereocenters. The maximum atomic E-state index is 13.5. The van der Waals surface area contributed by atoms with Crippen LogP contribution >= 0.6 is 11.8 Å². The first-order chi connectivity index (χ1) is 9.19. The van der Waals surface area contributed by atoms with Crippen LogP contribution in [-0.2, 0) is 0 Å². The highest BCUT2D eigenvalue weighted by molar-refractivity contribution is 7.99. The molecule has 1 N–H and O–H groups in total. The molecule has 1 heterocycles. The van der Waals surface area contributed by atoms with Crippen molar-refractivity contribution < 1.29 is 8.78 Å². The number of nitrogens with one attached hydrogen (secondary N) is 1. The van der Waals surface area contributed by atoms with Gasteiger partial charge in [0.05, 0.1) is 4.90 Å². The van der Waals surface area contributed by atoms with Crippen LogP contribution in [0.4, 0.5) is 14.6 Å². The van der Waals surface area contributed by atoms with Crippen molar-refractivity contribution in [3.05, 3.63) is 42.2 Å². The summed E-state index contributed by atoms with van der Waals surface area (Å²) in [6, 6.07) is 5.06. The van der Waals surface area contributed by atoms with Gasteiger partial charge in [-0.3, -0.25) is 0 Å². The van der Waals surface area contributed by atoms with Gasteiger partial charge >= 0.3 is 0 Å². The number of nitrogens with zero attached hydrogens (tertiary/aromatic N) is 2. The molecule has 0 saturated heterocycles. The molecule has 6 heteroatoms. The van der Waals surface area contributed by atoms with Crippen molar-refractivity contribution in [1.82, 2.24) is 9.97 Å². The van der Waals surface area contributed by atoms with Gasteiger partial charge in [0, 0.05) is 12.6 Å². The number of rotatable bonds is 5. The van der Waals surface area contributed by atoms with Gasteiger partial charge in [0.1, 0.15) is 28.8 Å². The topological polar surface area (TPSA) is 37.8 Å². The van der Waals surface area contributed by atoms with Crippen molar-refractivity contribution >= 4 is 17.6 Å². The quantitative estimate of drug-likeness (QED) is 0.847. The van der Waals surface area contributed by atoms with Crippen LogP contribution < -0.4 is 5.32 Å². The van der Waals surface area contributed by atoms with Gasteiger partial charge in [-0.15, -0.1) is 0 Å². The van der Waals surface area contributed by atoms with E-state index < -0.39 is 11.6 Å². The summed E-state index contributed by atoms with van der Waals surface area (Å²) in [4.78, 5) is 8.30. The van der Waals surface area contributed by atoms with Gasteiger partial charge in [-0.1, -0.05) is 18.7 Å². The third kappa shape index (κ3) is 3.89. The predicted octanol–water partition coefficient (Wildman–Crippen LogP) is 3.73. The first kappa shape index (κ1) is 13.7. The Kier molecular flexibility index (Phi) is 4.68. The van der Waals surface area contributed by atoms with E-state index in [1.165, 1.54) is 6.33 Å². The molecule has 0 aliphatic heterocycles. The second-order valence-corrected chi connectivity index (χ2v) is 4.91. The summed E-state index contributed by atoms with van der Waals surface area (Å²) in [6.45, 7) is 2.85. The second-order valence-electron chi connectivity index (χ2n) is 3.85. The molecule has 0 aliphatic rings. The molecule has 19 heavy (non-hydrogen) atoms. The molecule has 2 rings (SSSR count). The van der Waals surface area contributed by atoms with E-state index in [9.17, 15) is 8.78 Å². The Labute approximate surface area is 114 Å². The van der Waals surface area contributed by atoms with Crippen molar-refractivity contribution in [2.75, 3.05) is 11.9 Å². The third-order valence-electron chi connectivity index (χ3n) is 2.31. The minimum absolute atomic E-state index is 0.208. The lowest BCUT2D eigenvalue weighted by Crippen LogP contribution is -2.02. The van der Waals surface area contributed by atoms with Gasteiger partial charge in [-0.25, -0.2) is 18.7 Å². The summed E-state index contributed by atoms with van der Waals surface area (Å²) in [5.41, 5.74) is 0. The summed E-state index contributed by atoms with van der Waals surface area (Å²) in [6.07, 6.45) is 2.38. The molecule has 0 fully saturated rings. The van der Waals surface area contributed by atoms with Crippen LogP contribution in [0.2, 0.25) is 0 Å². The normalized spacial score (nSPS) is 10.5. The van der Waals surface area contributed by atoms with E-state index in [2.05, 4.69) is 15.3 Å². The minimum atomic E-state index is -0.470. The Morgan fingerprint density at radius 1 is 1.21 bits per heavy atom. The third-order valence-corrected chi connectivity index (χ3v) is 3.27. The second kappa shape index (κ2) is 6.47. The summed E-state index contributed by atoms with van der Waals surface area (Å²) < 4.78 is 26.6. The van der Waals surface area contributed by atoms with Crippen molar-refractivity contribution in [3.8, 4) is 0 Å². The Morgan fingerprint density at radius 2 is 2.05 bits per heavy atom. The van der Waals surface area contributed by atoms with E-state index in [4.69, 9.17) is 0 Å². The number of hydrogen-bond donors (Lipinski definition) is 1. The standard InChI is InChI=1S/C13H13F2N3S/c1-2-5-16-12-7-13(18-8-17-12)19-11-6-9(14)3-4-10(11)15/h3-4,6-8H,2,5H2,1H3,(H,16,17,18). The van der Waals surface area contributed by atoms with Crippen LogP contribution in [0.25, 0.3) is 0 Å². The highest BCUT2D eigenvalue weighted by atomic mass is 32.2. The van der Waals surface area contributed by atoms with Crippen LogP contribution in [-0.4, -0.2) is 16.5 Å². The Bertz CT molecular complexity index is 563. The number of benzene rings is 1. The lowest BCUT2D eigenvalue weighted by Gasteiger charge is -2.06. The van der Waals surface area contributed by atoms with Crippen LogP contribution in [0.3, 0.4) is 0 Å². The molecule has 100 valence electrons. The molecule has 3 nitrogen and oxygen atoms in total. The number of hydrogen-bond acceptors (Lipinski definition) is 4. The van der Waals surface area contributed by atoms with E-state index in [1.807, 2.05) is 6.92 Å². The van der Waals surface area contributed by atoms with Crippen molar-refractivity contribution in [1.29, 1.82) is 0 Å². The smallest absolute Gasteiger partial charge is 0.137 e. The lowest BCUT2D eigenvalue weighted by molar-refractivity contribution is 0.577. The summed E-state index contributed by atoms with van der Waals surface area (Å²) in [5, 5.41) is 3.68. The summed E-state index contributed by atoms with van der Waals surface area (Å²) >= 11 is 1.07. The Morgan fingerprint density at radius 3 is 2.84 bits per heavy atom. The molecule has 0 bridgehead atoms. The molecular weight excluding hydrogens is 268 g/mol. The van der Waals surface area contributed by atoms with Crippen LogP contribution in [0.5, 0.6) is 0 Å². The van der Waals surface area contributed by atoms with Crippen LogP contribution in [0.1, 0.15) is 13.3 Å². The monoisotopic (exact) mass is 281 g/mol. The average Bonchev–Trinajstić information content (AvgIpc) is 2.41. The Hall–Kier alpha value is -1.69. The number of aromatic nitrogens is 2. The molecule has 0 spiro atoms. The van der Waals surface area contributed by atoms with Crippen molar-refractivity contribution in [2.45, 2.75) is 23.3 Å². The summed E-state index contributed by atoms with van der Waals surface area (Å²) in [5.74, 6) is -0.258. The van der Waals surface area contributed by atoms with Crippen LogP contribution in [0, 0.1) is 11.6 Å². The zero-order valence-electron chi connectivity index (χ0n) is 10.4. The van der Waals surface area contributed by atoms with Crippen LogP contribution in [0.15, 0.2) is 40.5 Å². The van der Waals surface area contributed by atoms with Gasteiger partial charge in [0.25, 0.3) is 0 Å². The molecular formula is C13H13F2N3S. The fraction of sp³-hybridized carbons (Fsp3) is 0.231. The average molecular weight is 281 g/mol. The van der Waals surface area contributed by atoms with Gasteiger partial charge in [0.2, 0.25) is 0 Å². The van der Waals surface area contributed by atoms with Gasteiger partial charge in [-0.2, -0.15) is 0 Å². The lowest BCUT2D eigenvalue weighted by atomic mass is 10.3. The largest absolute Gasteiger partial charge is 0.370 e. The van der Waals surface area contributed by atoms with Gasteiger partial charge in [-0.05, 0) is 24.6 Å². The molecule has 1 aromatic carbocycles. The number of anilines is 1.